The van der Waals surface area contributed by atoms with Crippen molar-refractivity contribution in [3.05, 3.63) is 0 Å². The molecule has 1 saturated heterocycles. The predicted molar refractivity (Wildman–Crippen MR) is 77.2 cm³/mol. The smallest absolute Gasteiger partial charge is 0.0104 e. The Kier molecular flexibility index (Phi) is 4.34. The molecule has 0 aromatic carbocycles. The third-order valence-corrected chi connectivity index (χ3v) is 6.19. The Morgan fingerprint density at radius 1 is 0.824 bits per heavy atom. The van der Waals surface area contributed by atoms with Crippen LogP contribution in [-0.4, -0.2) is 23.0 Å². The lowest BCUT2D eigenvalue weighted by Gasteiger charge is -2.59. The number of piperidine rings is 1. The molecule has 1 aliphatic heterocycles. The maximum atomic E-state index is 2.72. The fraction of sp³-hybridized carbons (Fsp3) is 1.00. The van der Waals surface area contributed by atoms with Gasteiger partial charge >= 0.3 is 0 Å². The standard InChI is InChI=1S/C16H33N/c1-10(2)16(9)12(5)14(7)17(11(3)4)15(8)13(16)6/h10-15H,1-9H3. The maximum absolute atomic E-state index is 2.72. The van der Waals surface area contributed by atoms with E-state index in [2.05, 4.69) is 67.2 Å². The zero-order valence-electron chi connectivity index (χ0n) is 13.4. The molecule has 0 amide bonds. The summed E-state index contributed by atoms with van der Waals surface area (Å²) in [5, 5.41) is 0. The molecule has 1 nitrogen and oxygen atoms in total. The van der Waals surface area contributed by atoms with Crippen LogP contribution in [0.3, 0.4) is 0 Å². The quantitative estimate of drug-likeness (QED) is 0.689. The highest BCUT2D eigenvalue weighted by atomic mass is 15.2. The summed E-state index contributed by atoms with van der Waals surface area (Å²) in [5.41, 5.74) is 0.463. The van der Waals surface area contributed by atoms with E-state index in [-0.39, 0.29) is 0 Å². The molecule has 0 N–H and O–H groups in total. The average molecular weight is 239 g/mol. The summed E-state index contributed by atoms with van der Waals surface area (Å²) in [6.45, 7) is 21.8. The van der Waals surface area contributed by atoms with Gasteiger partial charge in [-0.05, 0) is 50.9 Å². The van der Waals surface area contributed by atoms with Crippen LogP contribution < -0.4 is 0 Å². The largest absolute Gasteiger partial charge is 0.295 e. The summed E-state index contributed by atoms with van der Waals surface area (Å²) < 4.78 is 0. The molecule has 0 aromatic heterocycles. The van der Waals surface area contributed by atoms with Crippen LogP contribution in [0, 0.1) is 23.2 Å². The second-order valence-electron chi connectivity index (χ2n) is 7.12. The van der Waals surface area contributed by atoms with Crippen molar-refractivity contribution in [2.24, 2.45) is 23.2 Å². The Balaban J connectivity index is 3.12. The SMILES string of the molecule is CC(C)N1C(C)C(C)C(C)(C(C)C)C(C)C1C. The average Bonchev–Trinajstić information content (AvgIpc) is 2.23. The van der Waals surface area contributed by atoms with Gasteiger partial charge in [-0.2, -0.15) is 0 Å². The second-order valence-corrected chi connectivity index (χ2v) is 7.12. The van der Waals surface area contributed by atoms with E-state index in [1.165, 1.54) is 0 Å². The summed E-state index contributed by atoms with van der Waals surface area (Å²) in [4.78, 5) is 2.72. The molecule has 4 unspecified atom stereocenters. The number of hydrogen-bond acceptors (Lipinski definition) is 1. The van der Waals surface area contributed by atoms with Gasteiger partial charge in [-0.15, -0.1) is 0 Å². The fourth-order valence-corrected chi connectivity index (χ4v) is 4.33. The van der Waals surface area contributed by atoms with Crippen molar-refractivity contribution in [1.82, 2.24) is 4.90 Å². The fourth-order valence-electron chi connectivity index (χ4n) is 4.33. The summed E-state index contributed by atoms with van der Waals surface area (Å²) in [6.07, 6.45) is 0. The third kappa shape index (κ3) is 2.16. The molecule has 1 aliphatic rings. The van der Waals surface area contributed by atoms with E-state index < -0.39 is 0 Å². The molecule has 17 heavy (non-hydrogen) atoms. The molecular weight excluding hydrogens is 206 g/mol. The molecule has 0 aromatic rings. The van der Waals surface area contributed by atoms with E-state index in [1.807, 2.05) is 0 Å². The molecule has 1 rings (SSSR count). The lowest BCUT2D eigenvalue weighted by Crippen LogP contribution is -2.62. The van der Waals surface area contributed by atoms with E-state index in [4.69, 9.17) is 0 Å². The highest BCUT2D eigenvalue weighted by Crippen LogP contribution is 2.51. The lowest BCUT2D eigenvalue weighted by atomic mass is 9.56. The predicted octanol–water partition coefficient (Wildman–Crippen LogP) is 4.42. The molecular formula is C16H33N. The van der Waals surface area contributed by atoms with Crippen LogP contribution >= 0.6 is 0 Å². The van der Waals surface area contributed by atoms with Crippen molar-refractivity contribution in [2.75, 3.05) is 0 Å². The van der Waals surface area contributed by atoms with Crippen LogP contribution in [0.4, 0.5) is 0 Å². The normalized spacial score (nSPS) is 44.6. The first-order chi connectivity index (χ1) is 7.65. The van der Waals surface area contributed by atoms with Gasteiger partial charge in [0.1, 0.15) is 0 Å². The number of nitrogens with zero attached hydrogens (tertiary/aromatic N) is 1. The van der Waals surface area contributed by atoms with Crippen molar-refractivity contribution < 1.29 is 0 Å². The van der Waals surface area contributed by atoms with Gasteiger partial charge in [0.15, 0.2) is 0 Å². The molecule has 102 valence electrons. The summed E-state index contributed by atoms with van der Waals surface area (Å²) in [7, 11) is 0. The van der Waals surface area contributed by atoms with Gasteiger partial charge in [-0.3, -0.25) is 4.90 Å². The van der Waals surface area contributed by atoms with Crippen LogP contribution in [-0.2, 0) is 0 Å². The van der Waals surface area contributed by atoms with Gasteiger partial charge in [-0.25, -0.2) is 0 Å². The van der Waals surface area contributed by atoms with E-state index in [1.54, 1.807) is 0 Å². The van der Waals surface area contributed by atoms with Gasteiger partial charge in [0.25, 0.3) is 0 Å². The minimum absolute atomic E-state index is 0.463. The zero-order chi connectivity index (χ0) is 13.5. The Hall–Kier alpha value is -0.0400. The summed E-state index contributed by atoms with van der Waals surface area (Å²) >= 11 is 0. The van der Waals surface area contributed by atoms with Gasteiger partial charge in [0.05, 0.1) is 0 Å². The highest BCUT2D eigenvalue weighted by Gasteiger charge is 2.51. The van der Waals surface area contributed by atoms with E-state index in [0.717, 1.165) is 17.8 Å². The monoisotopic (exact) mass is 239 g/mol. The second kappa shape index (κ2) is 4.91. The Morgan fingerprint density at radius 3 is 1.41 bits per heavy atom. The number of likely N-dealkylation sites (tertiary alicyclic amines) is 1. The molecule has 0 saturated carbocycles. The molecule has 1 heterocycles. The Bertz CT molecular complexity index is 240. The van der Waals surface area contributed by atoms with Crippen molar-refractivity contribution >= 4 is 0 Å². The number of hydrogen-bond donors (Lipinski definition) is 0. The first-order valence-electron chi connectivity index (χ1n) is 7.43. The molecule has 0 spiro atoms. The van der Waals surface area contributed by atoms with E-state index in [9.17, 15) is 0 Å². The summed E-state index contributed by atoms with van der Waals surface area (Å²) in [5.74, 6) is 2.28. The van der Waals surface area contributed by atoms with Gasteiger partial charge in [0, 0.05) is 18.1 Å². The molecule has 1 fully saturated rings. The zero-order valence-corrected chi connectivity index (χ0v) is 13.4. The Labute approximate surface area is 109 Å². The molecule has 1 heteroatoms. The topological polar surface area (TPSA) is 3.24 Å². The van der Waals surface area contributed by atoms with Gasteiger partial charge in [-0.1, -0.05) is 34.6 Å². The van der Waals surface area contributed by atoms with Crippen molar-refractivity contribution in [3.63, 3.8) is 0 Å². The molecule has 4 atom stereocenters. The van der Waals surface area contributed by atoms with Crippen molar-refractivity contribution in [2.45, 2.75) is 80.4 Å². The van der Waals surface area contributed by atoms with Crippen LogP contribution in [0.2, 0.25) is 0 Å². The van der Waals surface area contributed by atoms with E-state index in [0.29, 0.717) is 23.5 Å². The molecule has 0 bridgehead atoms. The minimum atomic E-state index is 0.463. The lowest BCUT2D eigenvalue weighted by molar-refractivity contribution is -0.110. The first-order valence-corrected chi connectivity index (χ1v) is 7.43. The van der Waals surface area contributed by atoms with Crippen LogP contribution in [0.5, 0.6) is 0 Å². The van der Waals surface area contributed by atoms with Gasteiger partial charge < -0.3 is 0 Å². The van der Waals surface area contributed by atoms with Crippen LogP contribution in [0.1, 0.15) is 62.3 Å². The minimum Gasteiger partial charge on any atom is -0.295 e. The van der Waals surface area contributed by atoms with Crippen LogP contribution in [0.15, 0.2) is 0 Å². The van der Waals surface area contributed by atoms with Crippen molar-refractivity contribution in [3.8, 4) is 0 Å². The summed E-state index contributed by atoms with van der Waals surface area (Å²) in [6, 6.07) is 2.03. The molecule has 0 radical (unpaired) electrons. The first kappa shape index (κ1) is 15.0. The van der Waals surface area contributed by atoms with Gasteiger partial charge in [0.2, 0.25) is 0 Å². The maximum Gasteiger partial charge on any atom is 0.0104 e. The Morgan fingerprint density at radius 2 is 1.18 bits per heavy atom. The van der Waals surface area contributed by atoms with Crippen molar-refractivity contribution in [1.29, 1.82) is 0 Å². The van der Waals surface area contributed by atoms with Crippen LogP contribution in [0.25, 0.3) is 0 Å². The highest BCUT2D eigenvalue weighted by molar-refractivity contribution is 5.02. The van der Waals surface area contributed by atoms with E-state index >= 15 is 0 Å². The third-order valence-electron chi connectivity index (χ3n) is 6.19. The molecule has 0 aliphatic carbocycles. The number of rotatable bonds is 2.